The molecule has 3 saturated carbocycles. The van der Waals surface area contributed by atoms with Gasteiger partial charge in [0.1, 0.15) is 17.9 Å². The number of halogens is 4. The number of methoxy groups -OCH3 is 1. The van der Waals surface area contributed by atoms with Crippen LogP contribution in [0.25, 0.3) is 11.1 Å². The summed E-state index contributed by atoms with van der Waals surface area (Å²) in [6.45, 7) is 6.12. The number of ether oxygens (including phenoxy) is 1. The summed E-state index contributed by atoms with van der Waals surface area (Å²) in [5.41, 5.74) is 1.79. The molecule has 1 saturated heterocycles. The monoisotopic (exact) mass is 843 g/mol. The van der Waals surface area contributed by atoms with Crippen LogP contribution in [0.4, 0.5) is 23.2 Å². The molecule has 4 fully saturated rings. The molecule has 2 bridgehead atoms. The Morgan fingerprint density at radius 2 is 1.70 bits per heavy atom. The lowest BCUT2D eigenvalue weighted by Crippen LogP contribution is -2.62. The number of likely N-dealkylation sites (N-methyl/N-ethyl adjacent to an activating group) is 1. The molecule has 0 aromatic heterocycles. The summed E-state index contributed by atoms with van der Waals surface area (Å²) in [4.78, 5) is 37.7. The SMILES string of the molecule is COc1c(CN2O[C@@H](CO)[C@H](C(O)O)[C@H]2C(=O)N[C@H]2C[C@H]3C[C@@H]([C@@H]2C)C3(C)C)cccc1-c1cc(C(=O)N[C@@H](Cc2c(F)c(F)cc(F)c2F)CN(C)C)cc(N(C)C)c1. The van der Waals surface area contributed by atoms with Gasteiger partial charge in [-0.3, -0.25) is 14.4 Å². The van der Waals surface area contributed by atoms with Crippen LogP contribution < -0.4 is 20.3 Å². The fourth-order valence-electron chi connectivity index (χ4n) is 9.69. The first-order valence-corrected chi connectivity index (χ1v) is 20.2. The lowest BCUT2D eigenvalue weighted by molar-refractivity contribution is -0.184. The fourth-order valence-corrected chi connectivity index (χ4v) is 9.69. The van der Waals surface area contributed by atoms with Crippen LogP contribution in [0.2, 0.25) is 0 Å². The van der Waals surface area contributed by atoms with Gasteiger partial charge in [0.15, 0.2) is 29.6 Å². The summed E-state index contributed by atoms with van der Waals surface area (Å²) in [6.07, 6.45) is -1.68. The van der Waals surface area contributed by atoms with Crippen molar-refractivity contribution in [3.05, 3.63) is 82.4 Å². The van der Waals surface area contributed by atoms with E-state index in [4.69, 9.17) is 9.57 Å². The van der Waals surface area contributed by atoms with Crippen LogP contribution >= 0.6 is 0 Å². The van der Waals surface area contributed by atoms with Crippen LogP contribution in [0, 0.1) is 52.4 Å². The van der Waals surface area contributed by atoms with Gasteiger partial charge in [0.2, 0.25) is 5.91 Å². The predicted molar refractivity (Wildman–Crippen MR) is 217 cm³/mol. The molecule has 3 aromatic rings. The molecule has 2 amide bonds. The first-order valence-electron chi connectivity index (χ1n) is 20.2. The number of rotatable bonds is 15. The van der Waals surface area contributed by atoms with Crippen molar-refractivity contribution in [2.24, 2.45) is 29.1 Å². The van der Waals surface area contributed by atoms with Gasteiger partial charge in [0.25, 0.3) is 5.91 Å². The molecule has 7 rings (SSSR count). The predicted octanol–water partition coefficient (Wildman–Crippen LogP) is 4.48. The second-order valence-corrected chi connectivity index (χ2v) is 17.7. The van der Waals surface area contributed by atoms with Crippen LogP contribution in [-0.4, -0.2) is 116 Å². The quantitative estimate of drug-likeness (QED) is 0.0844. The van der Waals surface area contributed by atoms with Gasteiger partial charge in [-0.2, -0.15) is 5.06 Å². The van der Waals surface area contributed by atoms with E-state index in [9.17, 15) is 42.5 Å². The Balaban J connectivity index is 1.30. The third-order valence-electron chi connectivity index (χ3n) is 13.1. The smallest absolute Gasteiger partial charge is 0.251 e. The van der Waals surface area contributed by atoms with Crippen LogP contribution in [0.5, 0.6) is 5.75 Å². The Bertz CT molecular complexity index is 2040. The van der Waals surface area contributed by atoms with E-state index in [1.807, 2.05) is 6.07 Å². The van der Waals surface area contributed by atoms with Crippen molar-refractivity contribution in [2.75, 3.05) is 53.4 Å². The number of carbonyl (C=O) groups excluding carboxylic acids is 2. The van der Waals surface area contributed by atoms with E-state index in [1.54, 1.807) is 68.3 Å². The van der Waals surface area contributed by atoms with Crippen LogP contribution in [0.15, 0.2) is 42.5 Å². The number of nitrogens with one attached hydrogen (secondary N) is 2. The number of benzene rings is 3. The molecule has 328 valence electrons. The molecule has 8 atom stereocenters. The number of hydrogen-bond acceptors (Lipinski definition) is 10. The highest BCUT2D eigenvalue weighted by atomic mass is 19.2. The van der Waals surface area contributed by atoms with E-state index in [1.165, 1.54) is 12.2 Å². The minimum Gasteiger partial charge on any atom is -0.496 e. The molecule has 5 N–H and O–H groups in total. The van der Waals surface area contributed by atoms with Crippen molar-refractivity contribution in [3.63, 3.8) is 0 Å². The first-order chi connectivity index (χ1) is 28.3. The molecule has 0 unspecified atom stereocenters. The van der Waals surface area contributed by atoms with Crippen molar-refractivity contribution < 1.29 is 52.0 Å². The van der Waals surface area contributed by atoms with Gasteiger partial charge < -0.3 is 40.5 Å². The molecule has 60 heavy (non-hydrogen) atoms. The summed E-state index contributed by atoms with van der Waals surface area (Å²) in [5.74, 6) is -6.88. The Morgan fingerprint density at radius 3 is 2.27 bits per heavy atom. The minimum absolute atomic E-state index is 0.0615. The number of aliphatic hydroxyl groups is 3. The maximum Gasteiger partial charge on any atom is 0.251 e. The number of amides is 2. The zero-order valence-electron chi connectivity index (χ0n) is 35.3. The van der Waals surface area contributed by atoms with E-state index in [2.05, 4.69) is 31.4 Å². The van der Waals surface area contributed by atoms with Gasteiger partial charge >= 0.3 is 0 Å². The lowest BCUT2D eigenvalue weighted by atomic mass is 9.45. The van der Waals surface area contributed by atoms with Crippen LogP contribution in [-0.2, 0) is 22.6 Å². The third-order valence-corrected chi connectivity index (χ3v) is 13.1. The number of nitrogens with zero attached hydrogens (tertiary/aromatic N) is 3. The number of hydrogen-bond donors (Lipinski definition) is 5. The molecule has 3 aliphatic carbocycles. The molecule has 4 aliphatic rings. The van der Waals surface area contributed by atoms with Crippen LogP contribution in [0.1, 0.15) is 55.1 Å². The number of fused-ring (bicyclic) bond motifs is 2. The molecule has 0 spiro atoms. The molecule has 1 aliphatic heterocycles. The van der Waals surface area contributed by atoms with E-state index in [0.29, 0.717) is 40.0 Å². The van der Waals surface area contributed by atoms with Crippen molar-refractivity contribution in [3.8, 4) is 16.9 Å². The highest BCUT2D eigenvalue weighted by Crippen LogP contribution is 2.61. The number of aliphatic hydroxyl groups excluding tert-OH is 2. The second-order valence-electron chi connectivity index (χ2n) is 17.7. The molecule has 3 aromatic carbocycles. The third kappa shape index (κ3) is 8.86. The highest BCUT2D eigenvalue weighted by molar-refractivity contribution is 5.97. The molecule has 12 nitrogen and oxygen atoms in total. The minimum atomic E-state index is -1.98. The molecule has 0 radical (unpaired) electrons. The summed E-state index contributed by atoms with van der Waals surface area (Å²) >= 11 is 0. The largest absolute Gasteiger partial charge is 0.496 e. The summed E-state index contributed by atoms with van der Waals surface area (Å²) in [5, 5.41) is 38.6. The van der Waals surface area contributed by atoms with Gasteiger partial charge in [-0.15, -0.1) is 0 Å². The lowest BCUT2D eigenvalue weighted by Gasteiger charge is -2.62. The molecular formula is C44H57F4N5O7. The van der Waals surface area contributed by atoms with Crippen molar-refractivity contribution in [1.29, 1.82) is 0 Å². The van der Waals surface area contributed by atoms with E-state index in [-0.39, 0.29) is 42.1 Å². The molecule has 16 heteroatoms. The Labute approximate surface area is 348 Å². The van der Waals surface area contributed by atoms with Gasteiger partial charge in [0, 0.05) is 66.7 Å². The number of para-hydroxylation sites is 1. The van der Waals surface area contributed by atoms with Gasteiger partial charge in [0.05, 0.1) is 26.2 Å². The maximum atomic E-state index is 14.7. The van der Waals surface area contributed by atoms with Gasteiger partial charge in [-0.1, -0.05) is 39.0 Å². The Kier molecular flexibility index (Phi) is 13.5. The Hall–Kier alpha value is -4.32. The first kappa shape index (κ1) is 45.2. The van der Waals surface area contributed by atoms with Crippen molar-refractivity contribution in [2.45, 2.75) is 77.1 Å². The zero-order chi connectivity index (χ0) is 44.0. The maximum absolute atomic E-state index is 14.7. The highest BCUT2D eigenvalue weighted by Gasteiger charge is 2.57. The second kappa shape index (κ2) is 18.0. The normalized spacial score (nSPS) is 25.2. The number of anilines is 1. The number of carbonyl (C=O) groups is 2. The fraction of sp³-hybridized carbons (Fsp3) is 0.545. The van der Waals surface area contributed by atoms with Gasteiger partial charge in [-0.25, -0.2) is 17.6 Å². The van der Waals surface area contributed by atoms with Crippen molar-refractivity contribution in [1.82, 2.24) is 20.6 Å². The Morgan fingerprint density at radius 1 is 1.02 bits per heavy atom. The summed E-state index contributed by atoms with van der Waals surface area (Å²) in [6, 6.07) is 8.25. The van der Waals surface area contributed by atoms with E-state index >= 15 is 0 Å². The van der Waals surface area contributed by atoms with E-state index in [0.717, 1.165) is 12.8 Å². The number of hydroxylamine groups is 2. The summed E-state index contributed by atoms with van der Waals surface area (Å²) < 4.78 is 63.6. The molecular weight excluding hydrogens is 787 g/mol. The van der Waals surface area contributed by atoms with Gasteiger partial charge in [-0.05, 0) is 80.3 Å². The zero-order valence-corrected chi connectivity index (χ0v) is 35.3. The average molecular weight is 844 g/mol. The van der Waals surface area contributed by atoms with Crippen LogP contribution in [0.3, 0.4) is 0 Å². The summed E-state index contributed by atoms with van der Waals surface area (Å²) in [7, 11) is 8.39. The van der Waals surface area contributed by atoms with Crippen molar-refractivity contribution >= 4 is 17.5 Å². The van der Waals surface area contributed by atoms with E-state index < -0.39 is 84.1 Å². The standard InChI is InChI=1S/C44H57F4N5O7/c1-22-31-15-26(44(31,2)3)16-34(22)50-42(56)39-36(43(57)58)35(21-54)60-53(39)19-23-10-9-11-29(40(23)59-8)24-12-25(14-28(13-24)52(6)7)41(55)49-27(20-51(4)5)17-30-37(47)32(45)18-33(46)38(30)48/h9-14,18,22,26-27,31,34-36,39,43,54,57-58H,15-17,19-21H2,1-8H3,(H,49,55)(H,50,56)/t22-,26+,27-,31-,34-,35-,36-,39-/m0/s1. The average Bonchev–Trinajstić information content (AvgIpc) is 3.57. The molecule has 1 heterocycles. The topological polar surface area (TPSA) is 147 Å².